The van der Waals surface area contributed by atoms with Crippen LogP contribution in [0.15, 0.2) is 30.3 Å². The number of amides is 1. The minimum atomic E-state index is -1.41. The van der Waals surface area contributed by atoms with E-state index in [1.807, 2.05) is 11.0 Å². The van der Waals surface area contributed by atoms with Gasteiger partial charge in [-0.05, 0) is 75.3 Å². The number of carbonyl (C=O) groups is 2. The number of carboxylic acid groups (broad SMARTS) is 1. The maximum absolute atomic E-state index is 15.7. The van der Waals surface area contributed by atoms with Gasteiger partial charge >= 0.3 is 5.97 Å². The topological polar surface area (TPSA) is 94.6 Å². The standard InChI is InChI=1S/C26H31F3N4O3/c27-19-13-18(14-20(28)15-19)24(34)32-22(25(35)36)7-12-33-11-2-8-26(29,16-33)9-6-21-5-4-17-3-1-10-30-23(17)31-21/h4-5,13-15,22H,1-3,6-12,16H2,(H,30,31)(H,32,34)(H,35,36)/t22-,26-/m0/s1. The number of piperidine rings is 1. The number of pyridine rings is 1. The second-order valence-electron chi connectivity index (χ2n) is 9.68. The highest BCUT2D eigenvalue weighted by Gasteiger charge is 2.35. The molecule has 2 atom stereocenters. The summed E-state index contributed by atoms with van der Waals surface area (Å²) in [4.78, 5) is 30.5. The first kappa shape index (κ1) is 25.9. The lowest BCUT2D eigenvalue weighted by atomic mass is 9.89. The van der Waals surface area contributed by atoms with Gasteiger partial charge in [0, 0.05) is 37.0 Å². The lowest BCUT2D eigenvalue weighted by Crippen LogP contribution is -2.48. The number of fused-ring (bicyclic) bond motifs is 1. The number of nitrogens with one attached hydrogen (secondary N) is 2. The quantitative estimate of drug-likeness (QED) is 0.482. The average Bonchev–Trinajstić information content (AvgIpc) is 2.84. The Bertz CT molecular complexity index is 1100. The number of benzene rings is 1. The molecule has 2 aliphatic heterocycles. The van der Waals surface area contributed by atoms with E-state index in [0.29, 0.717) is 38.3 Å². The lowest BCUT2D eigenvalue weighted by Gasteiger charge is -2.38. The molecule has 7 nitrogen and oxygen atoms in total. The number of aryl methyl sites for hydroxylation is 2. The van der Waals surface area contributed by atoms with Gasteiger partial charge in [0.2, 0.25) is 0 Å². The predicted octanol–water partition coefficient (Wildman–Crippen LogP) is 3.73. The van der Waals surface area contributed by atoms with Crippen LogP contribution < -0.4 is 10.6 Å². The molecule has 2 aliphatic rings. The van der Waals surface area contributed by atoms with E-state index >= 15 is 4.39 Å². The largest absolute Gasteiger partial charge is 0.480 e. The molecular weight excluding hydrogens is 473 g/mol. The molecule has 1 fully saturated rings. The van der Waals surface area contributed by atoms with Crippen molar-refractivity contribution in [1.82, 2.24) is 15.2 Å². The van der Waals surface area contributed by atoms with Crippen LogP contribution >= 0.6 is 0 Å². The Morgan fingerprint density at radius 1 is 1.19 bits per heavy atom. The van der Waals surface area contributed by atoms with Crippen molar-refractivity contribution in [2.45, 2.75) is 56.7 Å². The molecule has 4 rings (SSSR count). The van der Waals surface area contributed by atoms with Gasteiger partial charge in [-0.25, -0.2) is 22.9 Å². The zero-order chi connectivity index (χ0) is 25.7. The van der Waals surface area contributed by atoms with Gasteiger partial charge in [-0.2, -0.15) is 0 Å². The zero-order valence-corrected chi connectivity index (χ0v) is 20.0. The van der Waals surface area contributed by atoms with E-state index in [9.17, 15) is 23.5 Å². The van der Waals surface area contributed by atoms with Crippen molar-refractivity contribution in [2.24, 2.45) is 0 Å². The molecule has 1 amide bonds. The lowest BCUT2D eigenvalue weighted by molar-refractivity contribution is -0.139. The highest BCUT2D eigenvalue weighted by atomic mass is 19.1. The number of aliphatic carboxylic acids is 1. The summed E-state index contributed by atoms with van der Waals surface area (Å²) in [7, 11) is 0. The number of nitrogens with zero attached hydrogens (tertiary/aromatic N) is 2. The van der Waals surface area contributed by atoms with Crippen molar-refractivity contribution in [2.75, 3.05) is 31.5 Å². The number of halogens is 3. The molecule has 1 saturated heterocycles. The molecule has 1 aromatic carbocycles. The van der Waals surface area contributed by atoms with Gasteiger partial charge in [0.05, 0.1) is 0 Å². The van der Waals surface area contributed by atoms with Crippen LogP contribution in [0.1, 0.15) is 53.7 Å². The second kappa shape index (κ2) is 11.3. The van der Waals surface area contributed by atoms with Crippen LogP contribution in [0.4, 0.5) is 19.0 Å². The number of carbonyl (C=O) groups excluding carboxylic acids is 1. The molecule has 10 heteroatoms. The molecule has 0 bridgehead atoms. The van der Waals surface area contributed by atoms with Crippen molar-refractivity contribution in [3.05, 3.63) is 58.8 Å². The van der Waals surface area contributed by atoms with Crippen LogP contribution in [-0.2, 0) is 17.6 Å². The van der Waals surface area contributed by atoms with Gasteiger partial charge in [-0.3, -0.25) is 4.79 Å². The minimum Gasteiger partial charge on any atom is -0.480 e. The number of carboxylic acids is 1. The Labute approximate surface area is 208 Å². The first-order valence-corrected chi connectivity index (χ1v) is 12.3. The zero-order valence-electron chi connectivity index (χ0n) is 20.0. The molecule has 0 spiro atoms. The summed E-state index contributed by atoms with van der Waals surface area (Å²) in [6.45, 7) is 1.96. The smallest absolute Gasteiger partial charge is 0.326 e. The van der Waals surface area contributed by atoms with Crippen LogP contribution in [0.2, 0.25) is 0 Å². The normalized spacial score (nSPS) is 20.8. The monoisotopic (exact) mass is 504 g/mol. The summed E-state index contributed by atoms with van der Waals surface area (Å²) >= 11 is 0. The third kappa shape index (κ3) is 6.75. The first-order valence-electron chi connectivity index (χ1n) is 12.3. The molecular formula is C26H31F3N4O3. The second-order valence-corrected chi connectivity index (χ2v) is 9.68. The van der Waals surface area contributed by atoms with E-state index in [2.05, 4.69) is 21.7 Å². The molecule has 1 aromatic heterocycles. The number of rotatable bonds is 9. The number of aromatic nitrogens is 1. The molecule has 36 heavy (non-hydrogen) atoms. The van der Waals surface area contributed by atoms with Gasteiger partial charge in [0.15, 0.2) is 0 Å². The predicted molar refractivity (Wildman–Crippen MR) is 129 cm³/mol. The molecule has 3 heterocycles. The fourth-order valence-corrected chi connectivity index (χ4v) is 4.93. The van der Waals surface area contributed by atoms with Crippen molar-refractivity contribution in [1.29, 1.82) is 0 Å². The van der Waals surface area contributed by atoms with Crippen molar-refractivity contribution in [3.8, 4) is 0 Å². The average molecular weight is 505 g/mol. The minimum absolute atomic E-state index is 0.0347. The van der Waals surface area contributed by atoms with Crippen LogP contribution in [0.25, 0.3) is 0 Å². The number of alkyl halides is 1. The van der Waals surface area contributed by atoms with Gasteiger partial charge < -0.3 is 20.6 Å². The molecule has 3 N–H and O–H groups in total. The van der Waals surface area contributed by atoms with Gasteiger partial charge in [0.25, 0.3) is 5.91 Å². The Balaban J connectivity index is 1.30. The summed E-state index contributed by atoms with van der Waals surface area (Å²) < 4.78 is 42.5. The van der Waals surface area contributed by atoms with E-state index < -0.39 is 35.2 Å². The number of hydrogen-bond donors (Lipinski definition) is 3. The number of anilines is 1. The third-order valence-corrected chi connectivity index (χ3v) is 6.85. The molecule has 0 saturated carbocycles. The van der Waals surface area contributed by atoms with E-state index in [1.165, 1.54) is 5.56 Å². The third-order valence-electron chi connectivity index (χ3n) is 6.85. The molecule has 0 unspecified atom stereocenters. The highest BCUT2D eigenvalue weighted by molar-refractivity contribution is 5.96. The van der Waals surface area contributed by atoms with Gasteiger partial charge in [-0.15, -0.1) is 0 Å². The van der Waals surface area contributed by atoms with Gasteiger partial charge in [0.1, 0.15) is 29.2 Å². The van der Waals surface area contributed by atoms with Crippen LogP contribution in [0, 0.1) is 11.6 Å². The summed E-state index contributed by atoms with van der Waals surface area (Å²) in [6, 6.07) is 5.05. The number of likely N-dealkylation sites (tertiary alicyclic amines) is 1. The van der Waals surface area contributed by atoms with Crippen LogP contribution in [-0.4, -0.2) is 64.8 Å². The first-order chi connectivity index (χ1) is 17.2. The van der Waals surface area contributed by atoms with Crippen molar-refractivity contribution >= 4 is 17.7 Å². The van der Waals surface area contributed by atoms with Crippen molar-refractivity contribution in [3.63, 3.8) is 0 Å². The molecule has 2 aromatic rings. The SMILES string of the molecule is O=C(N[C@@H](CCN1CCC[C@](F)(CCc2ccc3c(n2)NCCC3)C1)C(=O)O)c1cc(F)cc(F)c1. The van der Waals surface area contributed by atoms with E-state index in [1.54, 1.807) is 0 Å². The molecule has 0 radical (unpaired) electrons. The van der Waals surface area contributed by atoms with Crippen LogP contribution in [0.5, 0.6) is 0 Å². The van der Waals surface area contributed by atoms with E-state index in [0.717, 1.165) is 43.0 Å². The summed E-state index contributed by atoms with van der Waals surface area (Å²) in [5.41, 5.74) is 0.321. The Morgan fingerprint density at radius 2 is 1.97 bits per heavy atom. The van der Waals surface area contributed by atoms with Crippen LogP contribution in [0.3, 0.4) is 0 Å². The maximum atomic E-state index is 15.7. The summed E-state index contributed by atoms with van der Waals surface area (Å²) in [5.74, 6) is -3.12. The van der Waals surface area contributed by atoms with E-state index in [-0.39, 0.29) is 25.1 Å². The fraction of sp³-hybridized carbons (Fsp3) is 0.500. The Hall–Kier alpha value is -3.14. The molecule has 0 aliphatic carbocycles. The summed E-state index contributed by atoms with van der Waals surface area (Å²) in [6.07, 6.45) is 4.00. The summed E-state index contributed by atoms with van der Waals surface area (Å²) in [5, 5.41) is 15.1. The highest BCUT2D eigenvalue weighted by Crippen LogP contribution is 2.31. The Kier molecular flexibility index (Phi) is 8.13. The van der Waals surface area contributed by atoms with Gasteiger partial charge in [-0.1, -0.05) is 6.07 Å². The van der Waals surface area contributed by atoms with Crippen molar-refractivity contribution < 1.29 is 27.9 Å². The maximum Gasteiger partial charge on any atom is 0.326 e. The van der Waals surface area contributed by atoms with E-state index in [4.69, 9.17) is 0 Å². The number of hydrogen-bond acceptors (Lipinski definition) is 5. The molecule has 194 valence electrons. The fourth-order valence-electron chi connectivity index (χ4n) is 4.93. The Morgan fingerprint density at radius 3 is 2.72 bits per heavy atom.